The monoisotopic (exact) mass is 284 g/mol. The minimum atomic E-state index is 0.545. The Hall–Kier alpha value is -0.0800. The van der Waals surface area contributed by atoms with Gasteiger partial charge in [0.2, 0.25) is 0 Å². The molecular weight excluding hydrogens is 244 g/mol. The maximum absolute atomic E-state index is 3.68. The summed E-state index contributed by atoms with van der Waals surface area (Å²) in [5, 5.41) is 7.36. The summed E-state index contributed by atoms with van der Waals surface area (Å²) in [5.74, 6) is 0. The van der Waals surface area contributed by atoms with Crippen LogP contribution in [0.1, 0.15) is 97.8 Å². The first-order valence-electron chi connectivity index (χ1n) is 9.31. The average molecular weight is 285 g/mol. The van der Waals surface area contributed by atoms with Crippen molar-refractivity contribution in [3.8, 4) is 0 Å². The molecule has 0 aliphatic carbocycles. The van der Waals surface area contributed by atoms with Gasteiger partial charge in [-0.1, -0.05) is 78.6 Å². The quantitative estimate of drug-likeness (QED) is 0.299. The van der Waals surface area contributed by atoms with Crippen molar-refractivity contribution in [1.29, 1.82) is 0 Å². The Bertz CT molecular complexity index is 161. The molecule has 20 heavy (non-hydrogen) atoms. The highest BCUT2D eigenvalue weighted by atomic mass is 15.1. The van der Waals surface area contributed by atoms with E-state index in [0.29, 0.717) is 6.17 Å². The van der Waals surface area contributed by atoms with E-state index < -0.39 is 0 Å². The summed E-state index contributed by atoms with van der Waals surface area (Å²) in [4.78, 5) is 0. The van der Waals surface area contributed by atoms with E-state index in [1.165, 1.54) is 77.0 Å². The molecule has 0 aromatic carbocycles. The Labute approximate surface area is 128 Å². The van der Waals surface area contributed by atoms with Crippen molar-refractivity contribution in [2.45, 2.75) is 104 Å². The van der Waals surface area contributed by atoms with E-state index >= 15 is 0 Å². The lowest BCUT2D eigenvalue weighted by Crippen LogP contribution is -2.43. The minimum Gasteiger partial charge on any atom is -0.302 e. The summed E-state index contributed by atoms with van der Waals surface area (Å²) in [6, 6.07) is 0. The van der Waals surface area contributed by atoms with Crippen molar-refractivity contribution in [2.24, 2.45) is 0 Å². The molecule has 0 aromatic heterocycles. The van der Waals surface area contributed by atoms with Crippen molar-refractivity contribution in [3.05, 3.63) is 0 Å². The van der Waals surface area contributed by atoms with Gasteiger partial charge in [0.15, 0.2) is 0 Å². The zero-order valence-corrected chi connectivity index (χ0v) is 14.5. The molecule has 0 radical (unpaired) electrons. The highest BCUT2D eigenvalue weighted by Gasteiger charge is 2.05. The summed E-state index contributed by atoms with van der Waals surface area (Å²) in [6.45, 7) is 9.14. The van der Waals surface area contributed by atoms with Crippen LogP contribution in [0.25, 0.3) is 0 Å². The molecule has 0 unspecified atom stereocenters. The van der Waals surface area contributed by atoms with E-state index in [0.717, 1.165) is 13.1 Å². The van der Waals surface area contributed by atoms with Crippen LogP contribution in [0.5, 0.6) is 0 Å². The summed E-state index contributed by atoms with van der Waals surface area (Å²) in [6.07, 6.45) is 16.8. The van der Waals surface area contributed by atoms with Crippen LogP contribution in [0.15, 0.2) is 0 Å². The van der Waals surface area contributed by atoms with Crippen LogP contribution >= 0.6 is 0 Å². The van der Waals surface area contributed by atoms with Crippen LogP contribution in [-0.2, 0) is 0 Å². The Morgan fingerprint density at radius 1 is 0.550 bits per heavy atom. The van der Waals surface area contributed by atoms with Gasteiger partial charge < -0.3 is 10.6 Å². The molecule has 0 atom stereocenters. The van der Waals surface area contributed by atoms with E-state index in [2.05, 4.69) is 31.4 Å². The van der Waals surface area contributed by atoms with Crippen molar-refractivity contribution < 1.29 is 0 Å². The first kappa shape index (κ1) is 19.9. The van der Waals surface area contributed by atoms with E-state index in [9.17, 15) is 0 Å². The molecule has 0 heterocycles. The van der Waals surface area contributed by atoms with Gasteiger partial charge in [-0.3, -0.25) is 0 Å². The fourth-order valence-corrected chi connectivity index (χ4v) is 2.49. The average Bonchev–Trinajstić information content (AvgIpc) is 2.46. The second-order valence-electron chi connectivity index (χ2n) is 6.08. The van der Waals surface area contributed by atoms with Crippen molar-refractivity contribution in [2.75, 3.05) is 13.1 Å². The Morgan fingerprint density at radius 2 is 1.00 bits per heavy atom. The largest absolute Gasteiger partial charge is 0.302 e. The predicted molar refractivity (Wildman–Crippen MR) is 92.2 cm³/mol. The number of unbranched alkanes of at least 4 members (excludes halogenated alkanes) is 8. The Kier molecular flexibility index (Phi) is 16.9. The molecule has 0 rings (SSSR count). The third-order valence-electron chi connectivity index (χ3n) is 3.94. The highest BCUT2D eigenvalue weighted by Crippen LogP contribution is 2.09. The molecule has 0 amide bonds. The summed E-state index contributed by atoms with van der Waals surface area (Å²) < 4.78 is 0. The second-order valence-corrected chi connectivity index (χ2v) is 6.08. The number of nitrogens with one attached hydrogen (secondary N) is 2. The fourth-order valence-electron chi connectivity index (χ4n) is 2.49. The van der Waals surface area contributed by atoms with Crippen molar-refractivity contribution in [1.82, 2.24) is 10.6 Å². The topological polar surface area (TPSA) is 24.1 Å². The highest BCUT2D eigenvalue weighted by molar-refractivity contribution is 4.65. The molecule has 0 aliphatic rings. The van der Waals surface area contributed by atoms with Crippen LogP contribution in [0.3, 0.4) is 0 Å². The molecule has 0 saturated heterocycles. The summed E-state index contributed by atoms with van der Waals surface area (Å²) >= 11 is 0. The Morgan fingerprint density at radius 3 is 1.50 bits per heavy atom. The first-order chi connectivity index (χ1) is 9.85. The predicted octanol–water partition coefficient (Wildman–Crippen LogP) is 5.23. The third-order valence-corrected chi connectivity index (χ3v) is 3.94. The summed E-state index contributed by atoms with van der Waals surface area (Å²) in [5.41, 5.74) is 0. The van der Waals surface area contributed by atoms with Gasteiger partial charge in [-0.05, 0) is 32.4 Å². The van der Waals surface area contributed by atoms with Crippen LogP contribution in [0.2, 0.25) is 0 Å². The lowest BCUT2D eigenvalue weighted by Gasteiger charge is -2.20. The molecule has 2 N–H and O–H groups in total. The van der Waals surface area contributed by atoms with Crippen LogP contribution in [0.4, 0.5) is 0 Å². The molecule has 0 bridgehead atoms. The standard InChI is InChI=1S/C18H40N2/c1-4-7-10-11-12-13-14-15-18(19-16-8-5-2)20-17-9-6-3/h18-20H,4-17H2,1-3H3. The number of rotatable bonds is 16. The zero-order valence-electron chi connectivity index (χ0n) is 14.5. The maximum Gasteiger partial charge on any atom is 0.0571 e. The normalized spacial score (nSPS) is 11.4. The number of hydrogen-bond acceptors (Lipinski definition) is 2. The van der Waals surface area contributed by atoms with Crippen LogP contribution < -0.4 is 10.6 Å². The lowest BCUT2D eigenvalue weighted by molar-refractivity contribution is 0.379. The van der Waals surface area contributed by atoms with E-state index in [1.807, 2.05) is 0 Å². The van der Waals surface area contributed by atoms with E-state index in [1.54, 1.807) is 0 Å². The molecular formula is C18H40N2. The van der Waals surface area contributed by atoms with E-state index in [-0.39, 0.29) is 0 Å². The lowest BCUT2D eigenvalue weighted by atomic mass is 10.1. The molecule has 0 saturated carbocycles. The molecule has 0 aliphatic heterocycles. The van der Waals surface area contributed by atoms with Gasteiger partial charge in [0.05, 0.1) is 6.17 Å². The molecule has 122 valence electrons. The van der Waals surface area contributed by atoms with Crippen molar-refractivity contribution in [3.63, 3.8) is 0 Å². The summed E-state index contributed by atoms with van der Waals surface area (Å²) in [7, 11) is 0. The van der Waals surface area contributed by atoms with Gasteiger partial charge in [0.1, 0.15) is 0 Å². The van der Waals surface area contributed by atoms with Gasteiger partial charge in [0.25, 0.3) is 0 Å². The molecule has 0 spiro atoms. The molecule has 0 fully saturated rings. The second kappa shape index (κ2) is 17.0. The Balaban J connectivity index is 3.56. The van der Waals surface area contributed by atoms with Gasteiger partial charge in [-0.2, -0.15) is 0 Å². The van der Waals surface area contributed by atoms with Gasteiger partial charge in [-0.15, -0.1) is 0 Å². The van der Waals surface area contributed by atoms with Crippen LogP contribution in [-0.4, -0.2) is 19.3 Å². The van der Waals surface area contributed by atoms with Gasteiger partial charge in [0, 0.05) is 0 Å². The molecule has 2 heteroatoms. The molecule has 2 nitrogen and oxygen atoms in total. The maximum atomic E-state index is 3.68. The third kappa shape index (κ3) is 14.3. The fraction of sp³-hybridized carbons (Fsp3) is 1.00. The minimum absolute atomic E-state index is 0.545. The van der Waals surface area contributed by atoms with Gasteiger partial charge in [-0.25, -0.2) is 0 Å². The SMILES string of the molecule is CCCCCCCCCC(NCCCC)NCCCC. The van der Waals surface area contributed by atoms with Crippen LogP contribution in [0, 0.1) is 0 Å². The first-order valence-corrected chi connectivity index (χ1v) is 9.31. The zero-order chi connectivity index (χ0) is 14.9. The smallest absolute Gasteiger partial charge is 0.0571 e. The number of hydrogen-bond donors (Lipinski definition) is 2. The van der Waals surface area contributed by atoms with E-state index in [4.69, 9.17) is 0 Å². The van der Waals surface area contributed by atoms with Gasteiger partial charge >= 0.3 is 0 Å². The molecule has 0 aromatic rings. The van der Waals surface area contributed by atoms with Crippen molar-refractivity contribution >= 4 is 0 Å².